The number of hydrogen-bond acceptors (Lipinski definition) is 4. The Balaban J connectivity index is 2.25. The van der Waals surface area contributed by atoms with Crippen LogP contribution in [-0.2, 0) is 16.6 Å². The van der Waals surface area contributed by atoms with E-state index in [2.05, 4.69) is 10.0 Å². The zero-order valence-electron chi connectivity index (χ0n) is 11.8. The predicted octanol–water partition coefficient (Wildman–Crippen LogP) is 2.64. The van der Waals surface area contributed by atoms with Crippen LogP contribution < -0.4 is 10.0 Å². The second kappa shape index (κ2) is 6.28. The van der Waals surface area contributed by atoms with Crippen LogP contribution in [-0.4, -0.2) is 15.0 Å². The van der Waals surface area contributed by atoms with Gasteiger partial charge in [-0.25, -0.2) is 12.8 Å². The summed E-state index contributed by atoms with van der Waals surface area (Å²) in [6, 6.07) is 6.75. The lowest BCUT2D eigenvalue weighted by Gasteiger charge is -2.06. The van der Waals surface area contributed by atoms with Gasteiger partial charge in [-0.05, 0) is 31.7 Å². The minimum absolute atomic E-state index is 0.0552. The Hall–Kier alpha value is -1.86. The van der Waals surface area contributed by atoms with E-state index in [9.17, 15) is 12.8 Å². The third kappa shape index (κ3) is 3.83. The number of sulfonamides is 1. The van der Waals surface area contributed by atoms with Gasteiger partial charge in [0.2, 0.25) is 0 Å². The van der Waals surface area contributed by atoms with Crippen LogP contribution in [0.2, 0.25) is 0 Å². The SMILES string of the molecule is CCNCc1cc(S(=O)(=O)Nc2cccc(F)c2)c(C)o1. The highest BCUT2D eigenvalue weighted by Crippen LogP contribution is 2.23. The zero-order chi connectivity index (χ0) is 15.5. The molecule has 21 heavy (non-hydrogen) atoms. The maximum atomic E-state index is 13.1. The van der Waals surface area contributed by atoms with E-state index in [-0.39, 0.29) is 10.6 Å². The smallest absolute Gasteiger partial charge is 0.265 e. The number of anilines is 1. The molecule has 0 bridgehead atoms. The van der Waals surface area contributed by atoms with E-state index in [1.165, 1.54) is 24.3 Å². The third-order valence-electron chi connectivity index (χ3n) is 2.84. The van der Waals surface area contributed by atoms with Crippen LogP contribution in [0.5, 0.6) is 0 Å². The molecule has 0 aliphatic rings. The highest BCUT2D eigenvalue weighted by Gasteiger charge is 2.21. The fourth-order valence-corrected chi connectivity index (χ4v) is 3.14. The van der Waals surface area contributed by atoms with Crippen LogP contribution in [0.25, 0.3) is 0 Å². The van der Waals surface area contributed by atoms with E-state index in [1.54, 1.807) is 6.92 Å². The number of rotatable bonds is 6. The van der Waals surface area contributed by atoms with Crippen molar-refractivity contribution in [3.63, 3.8) is 0 Å². The molecule has 0 amide bonds. The Morgan fingerprint density at radius 2 is 2.05 bits per heavy atom. The summed E-state index contributed by atoms with van der Waals surface area (Å²) in [6.45, 7) is 4.73. The van der Waals surface area contributed by atoms with Gasteiger partial charge in [0, 0.05) is 6.07 Å². The molecule has 0 atom stereocenters. The molecule has 0 spiro atoms. The number of halogens is 1. The van der Waals surface area contributed by atoms with Crippen LogP contribution in [0, 0.1) is 12.7 Å². The summed E-state index contributed by atoms with van der Waals surface area (Å²) < 4.78 is 45.5. The van der Waals surface area contributed by atoms with Crippen molar-refractivity contribution in [2.45, 2.75) is 25.3 Å². The molecule has 2 rings (SSSR count). The van der Waals surface area contributed by atoms with E-state index in [0.29, 0.717) is 18.1 Å². The normalized spacial score (nSPS) is 11.6. The van der Waals surface area contributed by atoms with Crippen LogP contribution in [0.4, 0.5) is 10.1 Å². The summed E-state index contributed by atoms with van der Waals surface area (Å²) in [5.74, 6) is 0.327. The Morgan fingerprint density at radius 1 is 1.29 bits per heavy atom. The number of benzene rings is 1. The van der Waals surface area contributed by atoms with Crippen LogP contribution in [0.15, 0.2) is 39.6 Å². The van der Waals surface area contributed by atoms with Gasteiger partial charge in [-0.15, -0.1) is 0 Å². The largest absolute Gasteiger partial charge is 0.464 e. The summed E-state index contributed by atoms with van der Waals surface area (Å²) in [7, 11) is -3.80. The van der Waals surface area contributed by atoms with Crippen LogP contribution in [0.1, 0.15) is 18.4 Å². The molecule has 2 aromatic rings. The van der Waals surface area contributed by atoms with Gasteiger partial charge in [0.1, 0.15) is 22.2 Å². The molecule has 0 aliphatic heterocycles. The first-order valence-corrected chi connectivity index (χ1v) is 7.99. The lowest BCUT2D eigenvalue weighted by molar-refractivity contribution is 0.460. The molecule has 7 heteroatoms. The van der Waals surface area contributed by atoms with E-state index in [0.717, 1.165) is 12.6 Å². The summed E-state index contributed by atoms with van der Waals surface area (Å²) in [5.41, 5.74) is 0.170. The highest BCUT2D eigenvalue weighted by molar-refractivity contribution is 7.92. The van der Waals surface area contributed by atoms with Crippen LogP contribution in [0.3, 0.4) is 0 Å². The van der Waals surface area contributed by atoms with Crippen molar-refractivity contribution in [2.75, 3.05) is 11.3 Å². The molecule has 1 aromatic heterocycles. The molecule has 0 saturated carbocycles. The molecule has 2 N–H and O–H groups in total. The summed E-state index contributed by atoms with van der Waals surface area (Å²) in [5, 5.41) is 3.06. The van der Waals surface area contributed by atoms with Crippen molar-refractivity contribution >= 4 is 15.7 Å². The van der Waals surface area contributed by atoms with Crippen molar-refractivity contribution in [3.8, 4) is 0 Å². The Bertz CT molecular complexity index is 726. The van der Waals surface area contributed by atoms with Crippen molar-refractivity contribution < 1.29 is 17.2 Å². The van der Waals surface area contributed by atoms with Crippen molar-refractivity contribution in [1.82, 2.24) is 5.32 Å². The maximum Gasteiger partial charge on any atom is 0.265 e. The number of furan rings is 1. The van der Waals surface area contributed by atoms with E-state index in [1.807, 2.05) is 6.92 Å². The first-order valence-electron chi connectivity index (χ1n) is 6.51. The average Bonchev–Trinajstić information content (AvgIpc) is 2.78. The summed E-state index contributed by atoms with van der Waals surface area (Å²) >= 11 is 0. The van der Waals surface area contributed by atoms with E-state index in [4.69, 9.17) is 4.42 Å². The molecule has 0 unspecified atom stereocenters. The van der Waals surface area contributed by atoms with Crippen molar-refractivity contribution in [3.05, 3.63) is 47.7 Å². The van der Waals surface area contributed by atoms with Gasteiger partial charge in [-0.2, -0.15) is 0 Å². The monoisotopic (exact) mass is 312 g/mol. The molecule has 1 aromatic carbocycles. The first-order chi connectivity index (χ1) is 9.92. The maximum absolute atomic E-state index is 13.1. The Labute approximate surface area is 123 Å². The molecule has 0 radical (unpaired) electrons. The summed E-state index contributed by atoms with van der Waals surface area (Å²) in [4.78, 5) is 0.0552. The van der Waals surface area contributed by atoms with Crippen molar-refractivity contribution in [2.24, 2.45) is 0 Å². The average molecular weight is 312 g/mol. The lowest BCUT2D eigenvalue weighted by Crippen LogP contribution is -2.13. The van der Waals surface area contributed by atoms with Gasteiger partial charge in [-0.3, -0.25) is 4.72 Å². The Morgan fingerprint density at radius 3 is 2.71 bits per heavy atom. The van der Waals surface area contributed by atoms with Crippen molar-refractivity contribution in [1.29, 1.82) is 0 Å². The third-order valence-corrected chi connectivity index (χ3v) is 4.33. The standard InChI is InChI=1S/C14H17FN2O3S/c1-3-16-9-13-8-14(10(2)20-13)21(18,19)17-12-6-4-5-11(15)7-12/h4-8,16-17H,3,9H2,1-2H3. The predicted molar refractivity (Wildman–Crippen MR) is 78.0 cm³/mol. The van der Waals surface area contributed by atoms with Gasteiger partial charge in [0.15, 0.2) is 0 Å². The quantitative estimate of drug-likeness (QED) is 0.860. The topological polar surface area (TPSA) is 71.3 Å². The molecule has 1 heterocycles. The number of aryl methyl sites for hydroxylation is 1. The molecular weight excluding hydrogens is 295 g/mol. The Kier molecular flexibility index (Phi) is 4.64. The fourth-order valence-electron chi connectivity index (χ4n) is 1.89. The van der Waals surface area contributed by atoms with E-state index < -0.39 is 15.8 Å². The van der Waals surface area contributed by atoms with Gasteiger partial charge in [0.05, 0.1) is 12.2 Å². The van der Waals surface area contributed by atoms with Gasteiger partial charge in [0.25, 0.3) is 10.0 Å². The second-order valence-corrected chi connectivity index (χ2v) is 6.18. The molecule has 0 fully saturated rings. The fraction of sp³-hybridized carbons (Fsp3) is 0.286. The molecule has 0 saturated heterocycles. The highest BCUT2D eigenvalue weighted by atomic mass is 32.2. The molecule has 0 aliphatic carbocycles. The second-order valence-electron chi connectivity index (χ2n) is 4.53. The van der Waals surface area contributed by atoms with Gasteiger partial charge in [-0.1, -0.05) is 13.0 Å². The molecule has 5 nitrogen and oxygen atoms in total. The van der Waals surface area contributed by atoms with E-state index >= 15 is 0 Å². The van der Waals surface area contributed by atoms with Gasteiger partial charge < -0.3 is 9.73 Å². The first kappa shape index (κ1) is 15.5. The minimum atomic E-state index is -3.80. The number of nitrogens with one attached hydrogen (secondary N) is 2. The van der Waals surface area contributed by atoms with Crippen LogP contribution >= 0.6 is 0 Å². The zero-order valence-corrected chi connectivity index (χ0v) is 12.6. The summed E-state index contributed by atoms with van der Waals surface area (Å²) in [6.07, 6.45) is 0. The lowest BCUT2D eigenvalue weighted by atomic mass is 10.3. The molecule has 114 valence electrons. The minimum Gasteiger partial charge on any atom is -0.464 e. The molecular formula is C14H17FN2O3S. The number of hydrogen-bond donors (Lipinski definition) is 2. The van der Waals surface area contributed by atoms with Gasteiger partial charge >= 0.3 is 0 Å².